The van der Waals surface area contributed by atoms with Gasteiger partial charge in [0.25, 0.3) is 0 Å². The Balaban J connectivity index is 2.38. The van der Waals surface area contributed by atoms with Crippen molar-refractivity contribution >= 4 is 16.0 Å². The number of aromatic carboxylic acids is 1. The molecule has 0 amide bonds. The summed E-state index contributed by atoms with van der Waals surface area (Å²) >= 11 is 0. The van der Waals surface area contributed by atoms with Crippen LogP contribution in [0, 0.1) is 0 Å². The number of hydrogen-bond acceptors (Lipinski definition) is 3. The van der Waals surface area contributed by atoms with Gasteiger partial charge in [0, 0.05) is 12.6 Å². The Bertz CT molecular complexity index is 582. The summed E-state index contributed by atoms with van der Waals surface area (Å²) in [6.07, 6.45) is 2.72. The van der Waals surface area contributed by atoms with Crippen LogP contribution in [0.15, 0.2) is 29.2 Å². The summed E-state index contributed by atoms with van der Waals surface area (Å²) < 4.78 is 26.5. The number of benzene rings is 1. The number of carbonyl (C=O) groups is 1. The lowest BCUT2D eigenvalue weighted by Crippen LogP contribution is -2.41. The second kappa shape index (κ2) is 5.30. The van der Waals surface area contributed by atoms with Crippen LogP contribution in [-0.2, 0) is 10.0 Å². The zero-order valence-corrected chi connectivity index (χ0v) is 11.6. The Kier molecular flexibility index (Phi) is 3.91. The van der Waals surface area contributed by atoms with Crippen molar-refractivity contribution in [3.63, 3.8) is 0 Å². The topological polar surface area (TPSA) is 74.7 Å². The average molecular weight is 283 g/mol. The van der Waals surface area contributed by atoms with E-state index in [0.717, 1.165) is 19.3 Å². The summed E-state index contributed by atoms with van der Waals surface area (Å²) in [5.41, 5.74) is -0.00858. The van der Waals surface area contributed by atoms with Crippen molar-refractivity contribution in [2.24, 2.45) is 0 Å². The first-order valence-electron chi connectivity index (χ1n) is 6.28. The molecule has 1 aliphatic heterocycles. The lowest BCUT2D eigenvalue weighted by atomic mass is 10.1. The van der Waals surface area contributed by atoms with E-state index in [1.165, 1.54) is 28.6 Å². The molecule has 0 radical (unpaired) electrons. The predicted molar refractivity (Wildman–Crippen MR) is 70.6 cm³/mol. The molecule has 0 saturated carbocycles. The molecule has 1 saturated heterocycles. The van der Waals surface area contributed by atoms with Gasteiger partial charge in [-0.1, -0.05) is 12.5 Å². The molecule has 1 aliphatic rings. The maximum atomic E-state index is 12.5. The highest BCUT2D eigenvalue weighted by Crippen LogP contribution is 2.25. The zero-order valence-electron chi connectivity index (χ0n) is 10.7. The highest BCUT2D eigenvalue weighted by molar-refractivity contribution is 7.89. The van der Waals surface area contributed by atoms with Gasteiger partial charge in [0.15, 0.2) is 0 Å². The van der Waals surface area contributed by atoms with Gasteiger partial charge in [0.2, 0.25) is 10.0 Å². The van der Waals surface area contributed by atoms with E-state index < -0.39 is 16.0 Å². The van der Waals surface area contributed by atoms with Crippen LogP contribution in [0.2, 0.25) is 0 Å². The van der Waals surface area contributed by atoms with E-state index in [-0.39, 0.29) is 16.5 Å². The van der Waals surface area contributed by atoms with Gasteiger partial charge < -0.3 is 5.11 Å². The van der Waals surface area contributed by atoms with Crippen molar-refractivity contribution in [1.82, 2.24) is 4.31 Å². The minimum atomic E-state index is -3.60. The number of carboxylic acid groups (broad SMARTS) is 1. The molecule has 1 fully saturated rings. The molecule has 0 spiro atoms. The number of sulfonamides is 1. The van der Waals surface area contributed by atoms with Crippen molar-refractivity contribution in [3.05, 3.63) is 29.8 Å². The number of hydrogen-bond donors (Lipinski definition) is 1. The molecule has 1 aromatic carbocycles. The molecular formula is C13H17NO4S. The van der Waals surface area contributed by atoms with E-state index in [0.29, 0.717) is 6.54 Å². The molecule has 5 nitrogen and oxygen atoms in total. The number of carboxylic acids is 1. The van der Waals surface area contributed by atoms with Crippen molar-refractivity contribution in [2.75, 3.05) is 6.54 Å². The summed E-state index contributed by atoms with van der Waals surface area (Å²) in [6.45, 7) is 2.39. The van der Waals surface area contributed by atoms with Crippen LogP contribution in [0.3, 0.4) is 0 Å². The van der Waals surface area contributed by atoms with E-state index in [9.17, 15) is 13.2 Å². The van der Waals surface area contributed by atoms with Crippen molar-refractivity contribution in [1.29, 1.82) is 0 Å². The van der Waals surface area contributed by atoms with E-state index in [1.807, 2.05) is 6.92 Å². The molecule has 1 N–H and O–H groups in total. The van der Waals surface area contributed by atoms with Crippen molar-refractivity contribution < 1.29 is 18.3 Å². The highest BCUT2D eigenvalue weighted by Gasteiger charge is 2.31. The summed E-state index contributed by atoms with van der Waals surface area (Å²) in [5.74, 6) is -1.12. The van der Waals surface area contributed by atoms with E-state index >= 15 is 0 Å². The Hall–Kier alpha value is -1.40. The standard InChI is InChI=1S/C13H17NO4S/c1-10-5-2-3-8-14(10)19(17,18)12-7-4-6-11(9-12)13(15)16/h4,6-7,9-10H,2-3,5,8H2,1H3,(H,15,16). The smallest absolute Gasteiger partial charge is 0.335 e. The summed E-state index contributed by atoms with van der Waals surface area (Å²) in [6, 6.07) is 5.49. The van der Waals surface area contributed by atoms with Gasteiger partial charge in [0.05, 0.1) is 10.5 Å². The minimum absolute atomic E-state index is 0.00858. The van der Waals surface area contributed by atoms with Crippen LogP contribution in [0.4, 0.5) is 0 Å². The van der Waals surface area contributed by atoms with Gasteiger partial charge in [-0.3, -0.25) is 0 Å². The molecule has 1 aromatic rings. The summed E-state index contributed by atoms with van der Waals surface area (Å²) in [7, 11) is -3.60. The fourth-order valence-corrected chi connectivity index (χ4v) is 4.10. The molecule has 1 unspecified atom stereocenters. The Morgan fingerprint density at radius 2 is 2.11 bits per heavy atom. The zero-order chi connectivity index (χ0) is 14.0. The molecular weight excluding hydrogens is 266 g/mol. The van der Waals surface area contributed by atoms with Crippen LogP contribution >= 0.6 is 0 Å². The Labute approximate surface area is 112 Å². The molecule has 6 heteroatoms. The van der Waals surface area contributed by atoms with Crippen LogP contribution in [0.5, 0.6) is 0 Å². The summed E-state index contributed by atoms with van der Waals surface area (Å²) in [4.78, 5) is 11.0. The normalized spacial score (nSPS) is 21.2. The third kappa shape index (κ3) is 2.79. The first-order chi connectivity index (χ1) is 8.93. The Morgan fingerprint density at radius 3 is 2.74 bits per heavy atom. The van der Waals surface area contributed by atoms with E-state index in [4.69, 9.17) is 5.11 Å². The third-order valence-corrected chi connectivity index (χ3v) is 5.44. The van der Waals surface area contributed by atoms with Gasteiger partial charge in [-0.25, -0.2) is 13.2 Å². The molecule has 104 valence electrons. The molecule has 0 aromatic heterocycles. The lowest BCUT2D eigenvalue weighted by Gasteiger charge is -2.32. The van der Waals surface area contributed by atoms with Crippen LogP contribution in [-0.4, -0.2) is 36.4 Å². The van der Waals surface area contributed by atoms with Crippen molar-refractivity contribution in [2.45, 2.75) is 37.1 Å². The quantitative estimate of drug-likeness (QED) is 0.920. The fourth-order valence-electron chi connectivity index (χ4n) is 2.35. The molecule has 19 heavy (non-hydrogen) atoms. The van der Waals surface area contributed by atoms with E-state index in [2.05, 4.69) is 0 Å². The maximum Gasteiger partial charge on any atom is 0.335 e. The average Bonchev–Trinajstić information content (AvgIpc) is 2.39. The van der Waals surface area contributed by atoms with E-state index in [1.54, 1.807) is 0 Å². The van der Waals surface area contributed by atoms with Crippen molar-refractivity contribution in [3.8, 4) is 0 Å². The van der Waals surface area contributed by atoms with Gasteiger partial charge in [-0.2, -0.15) is 4.31 Å². The number of piperidine rings is 1. The first kappa shape index (κ1) is 14.0. The SMILES string of the molecule is CC1CCCCN1S(=O)(=O)c1cccc(C(=O)O)c1. The molecule has 1 heterocycles. The van der Waals surface area contributed by atoms with Crippen LogP contribution in [0.25, 0.3) is 0 Å². The van der Waals surface area contributed by atoms with Gasteiger partial charge in [-0.15, -0.1) is 0 Å². The number of nitrogens with zero attached hydrogens (tertiary/aromatic N) is 1. The van der Waals surface area contributed by atoms with Crippen LogP contribution in [0.1, 0.15) is 36.5 Å². The molecule has 1 atom stereocenters. The molecule has 0 aliphatic carbocycles. The monoisotopic (exact) mass is 283 g/mol. The first-order valence-corrected chi connectivity index (χ1v) is 7.72. The minimum Gasteiger partial charge on any atom is -0.478 e. The largest absolute Gasteiger partial charge is 0.478 e. The van der Waals surface area contributed by atoms with Gasteiger partial charge in [-0.05, 0) is 38.0 Å². The fraction of sp³-hybridized carbons (Fsp3) is 0.462. The lowest BCUT2D eigenvalue weighted by molar-refractivity contribution is 0.0696. The third-order valence-electron chi connectivity index (χ3n) is 3.43. The maximum absolute atomic E-state index is 12.5. The second-order valence-corrected chi connectivity index (χ2v) is 6.68. The predicted octanol–water partition coefficient (Wildman–Crippen LogP) is 1.95. The van der Waals surface area contributed by atoms with Gasteiger partial charge >= 0.3 is 5.97 Å². The highest BCUT2D eigenvalue weighted by atomic mass is 32.2. The summed E-state index contributed by atoms with van der Waals surface area (Å²) in [5, 5.41) is 8.93. The van der Waals surface area contributed by atoms with Crippen LogP contribution < -0.4 is 0 Å². The molecule has 2 rings (SSSR count). The molecule has 0 bridgehead atoms. The Morgan fingerprint density at radius 1 is 1.37 bits per heavy atom. The second-order valence-electron chi connectivity index (χ2n) is 4.79. The number of rotatable bonds is 3. The van der Waals surface area contributed by atoms with Gasteiger partial charge in [0.1, 0.15) is 0 Å².